The number of nitrogens with zero attached hydrogens (tertiary/aromatic N) is 1. The van der Waals surface area contributed by atoms with Crippen molar-refractivity contribution >= 4 is 23.5 Å². The summed E-state index contributed by atoms with van der Waals surface area (Å²) in [6.07, 6.45) is 2.89. The summed E-state index contributed by atoms with van der Waals surface area (Å²) in [6, 6.07) is 8.42. The molecule has 1 aliphatic carbocycles. The minimum absolute atomic E-state index is 0.0150. The highest BCUT2D eigenvalue weighted by atomic mass is 32.2. The Morgan fingerprint density at radius 2 is 1.95 bits per heavy atom. The molecule has 0 aromatic heterocycles. The van der Waals surface area contributed by atoms with Gasteiger partial charge in [-0.3, -0.25) is 9.59 Å². The number of thioether (sulfide) groups is 1. The van der Waals surface area contributed by atoms with Crippen LogP contribution in [0, 0.1) is 0 Å². The first-order valence-corrected chi connectivity index (χ1v) is 8.15. The van der Waals surface area contributed by atoms with Crippen LogP contribution in [0.1, 0.15) is 37.2 Å². The van der Waals surface area contributed by atoms with Gasteiger partial charge in [0.15, 0.2) is 0 Å². The molecule has 0 saturated heterocycles. The van der Waals surface area contributed by atoms with Crippen molar-refractivity contribution < 1.29 is 9.59 Å². The summed E-state index contributed by atoms with van der Waals surface area (Å²) in [7, 11) is 1.90. The molecule has 106 valence electrons. The number of hydrogen-bond acceptors (Lipinski definition) is 3. The number of carbonyl (C=O) groups excluding carboxylic acids is 2. The van der Waals surface area contributed by atoms with E-state index in [0.29, 0.717) is 18.6 Å². The van der Waals surface area contributed by atoms with E-state index in [9.17, 15) is 9.59 Å². The van der Waals surface area contributed by atoms with Gasteiger partial charge in [-0.2, -0.15) is 0 Å². The third kappa shape index (κ3) is 2.49. The van der Waals surface area contributed by atoms with E-state index in [1.165, 1.54) is 10.5 Å². The molecule has 0 N–H and O–H groups in total. The molecule has 4 heteroatoms. The molecule has 0 bridgehead atoms. The van der Waals surface area contributed by atoms with Crippen LogP contribution in [0.2, 0.25) is 0 Å². The first kappa shape index (κ1) is 13.7. The number of rotatable bonds is 2. The molecule has 3 rings (SSSR count). The number of benzene rings is 1. The zero-order chi connectivity index (χ0) is 14.1. The molecule has 20 heavy (non-hydrogen) atoms. The highest BCUT2D eigenvalue weighted by Crippen LogP contribution is 2.40. The van der Waals surface area contributed by atoms with E-state index in [4.69, 9.17) is 0 Å². The molecule has 0 radical (unpaired) electrons. The summed E-state index contributed by atoms with van der Waals surface area (Å²) >= 11 is 1.77. The van der Waals surface area contributed by atoms with Gasteiger partial charge in [0.2, 0.25) is 5.91 Å². The minimum atomic E-state index is -0.0150. The third-order valence-electron chi connectivity index (χ3n) is 4.41. The maximum absolute atomic E-state index is 12.7. The average molecular weight is 289 g/mol. The lowest BCUT2D eigenvalue weighted by Gasteiger charge is -2.32. The predicted octanol–water partition coefficient (Wildman–Crippen LogP) is 2.85. The fourth-order valence-corrected chi connectivity index (χ4v) is 4.32. The van der Waals surface area contributed by atoms with Crippen LogP contribution in [0.5, 0.6) is 0 Å². The Balaban J connectivity index is 1.72. The van der Waals surface area contributed by atoms with Crippen LogP contribution in [-0.4, -0.2) is 35.4 Å². The molecule has 1 unspecified atom stereocenters. The predicted molar refractivity (Wildman–Crippen MR) is 79.9 cm³/mol. The molecule has 1 amide bonds. The average Bonchev–Trinajstić information content (AvgIpc) is 2.90. The van der Waals surface area contributed by atoms with E-state index < -0.39 is 0 Å². The van der Waals surface area contributed by atoms with Gasteiger partial charge < -0.3 is 4.90 Å². The lowest BCUT2D eigenvalue weighted by atomic mass is 9.92. The lowest BCUT2D eigenvalue weighted by Crippen LogP contribution is -2.42. The zero-order valence-corrected chi connectivity index (χ0v) is 12.5. The van der Waals surface area contributed by atoms with Gasteiger partial charge >= 0.3 is 0 Å². The number of ketones is 1. The molecule has 1 fully saturated rings. The van der Waals surface area contributed by atoms with E-state index in [-0.39, 0.29) is 17.9 Å². The van der Waals surface area contributed by atoms with Crippen molar-refractivity contribution in [2.45, 2.75) is 42.5 Å². The van der Waals surface area contributed by atoms with Gasteiger partial charge in [0.25, 0.3) is 0 Å². The monoisotopic (exact) mass is 289 g/mol. The van der Waals surface area contributed by atoms with Gasteiger partial charge in [0, 0.05) is 36.6 Å². The minimum Gasteiger partial charge on any atom is -0.342 e. The Kier molecular flexibility index (Phi) is 3.83. The van der Waals surface area contributed by atoms with Gasteiger partial charge in [0.1, 0.15) is 5.78 Å². The Labute approximate surface area is 123 Å². The van der Waals surface area contributed by atoms with Crippen LogP contribution in [0.25, 0.3) is 0 Å². The maximum atomic E-state index is 12.7. The van der Waals surface area contributed by atoms with Gasteiger partial charge in [-0.05, 0) is 24.5 Å². The first-order valence-electron chi connectivity index (χ1n) is 7.17. The van der Waals surface area contributed by atoms with Crippen molar-refractivity contribution in [3.05, 3.63) is 29.8 Å². The fraction of sp³-hybridized carbons (Fsp3) is 0.500. The normalized spacial score (nSPS) is 22.6. The van der Waals surface area contributed by atoms with E-state index in [1.54, 1.807) is 11.8 Å². The number of amides is 1. The second kappa shape index (κ2) is 5.60. The van der Waals surface area contributed by atoms with Crippen molar-refractivity contribution in [3.8, 4) is 0 Å². The molecule has 1 heterocycles. The third-order valence-corrected chi connectivity index (χ3v) is 5.59. The second-order valence-electron chi connectivity index (χ2n) is 5.62. The van der Waals surface area contributed by atoms with Crippen molar-refractivity contribution in [1.82, 2.24) is 4.90 Å². The Morgan fingerprint density at radius 1 is 1.25 bits per heavy atom. The second-order valence-corrected chi connectivity index (χ2v) is 6.68. The van der Waals surface area contributed by atoms with E-state index in [0.717, 1.165) is 18.6 Å². The maximum Gasteiger partial charge on any atom is 0.230 e. The summed E-state index contributed by atoms with van der Waals surface area (Å²) in [5, 5.41) is 0. The molecule has 1 atom stereocenters. The van der Waals surface area contributed by atoms with E-state index in [1.807, 2.05) is 24.1 Å². The molecule has 1 aromatic carbocycles. The summed E-state index contributed by atoms with van der Waals surface area (Å²) in [4.78, 5) is 27.2. The van der Waals surface area contributed by atoms with E-state index >= 15 is 0 Å². The summed E-state index contributed by atoms with van der Waals surface area (Å²) < 4.78 is 0. The smallest absolute Gasteiger partial charge is 0.230 e. The van der Waals surface area contributed by atoms with E-state index in [2.05, 4.69) is 12.1 Å². The van der Waals surface area contributed by atoms with Crippen molar-refractivity contribution in [3.63, 3.8) is 0 Å². The molecule has 1 aliphatic heterocycles. The molecule has 1 saturated carbocycles. The number of fused-ring (bicyclic) bond motifs is 1. The van der Waals surface area contributed by atoms with Gasteiger partial charge in [-0.25, -0.2) is 0 Å². The lowest BCUT2D eigenvalue weighted by molar-refractivity contribution is -0.135. The Hall–Kier alpha value is -1.29. The largest absolute Gasteiger partial charge is 0.342 e. The summed E-state index contributed by atoms with van der Waals surface area (Å²) in [5.74, 6) is 1.37. The molecular weight excluding hydrogens is 270 g/mol. The highest BCUT2D eigenvalue weighted by molar-refractivity contribution is 7.99. The van der Waals surface area contributed by atoms with Crippen molar-refractivity contribution in [1.29, 1.82) is 0 Å². The number of carbonyl (C=O) groups is 2. The molecule has 1 aromatic rings. The fourth-order valence-electron chi connectivity index (χ4n) is 3.10. The summed E-state index contributed by atoms with van der Waals surface area (Å²) in [6.45, 7) is 0. The van der Waals surface area contributed by atoms with Crippen molar-refractivity contribution in [2.24, 2.45) is 0 Å². The van der Waals surface area contributed by atoms with Crippen LogP contribution in [0.15, 0.2) is 29.2 Å². The van der Waals surface area contributed by atoms with Crippen LogP contribution in [0.3, 0.4) is 0 Å². The van der Waals surface area contributed by atoms with Gasteiger partial charge in [-0.1, -0.05) is 18.2 Å². The Bertz CT molecular complexity index is 533. The molecule has 0 spiro atoms. The SMILES string of the molecule is CN(C(=O)C1CSc2ccccc21)C1CCC(=O)CC1. The molecular formula is C16H19NO2S. The number of Topliss-reactive ketones (excluding diaryl/α,β-unsaturated/α-hetero) is 1. The zero-order valence-electron chi connectivity index (χ0n) is 11.7. The van der Waals surface area contributed by atoms with Crippen LogP contribution in [-0.2, 0) is 9.59 Å². The highest BCUT2D eigenvalue weighted by Gasteiger charge is 2.34. The van der Waals surface area contributed by atoms with Crippen LogP contribution < -0.4 is 0 Å². The van der Waals surface area contributed by atoms with Crippen molar-refractivity contribution in [2.75, 3.05) is 12.8 Å². The summed E-state index contributed by atoms with van der Waals surface area (Å²) in [5.41, 5.74) is 1.17. The quantitative estimate of drug-likeness (QED) is 0.840. The molecule has 2 aliphatic rings. The number of likely N-dealkylation sites (N-methyl/N-ethyl adjacent to an activating group) is 1. The topological polar surface area (TPSA) is 37.4 Å². The van der Waals surface area contributed by atoms with Crippen LogP contribution in [0.4, 0.5) is 0 Å². The standard InChI is InChI=1S/C16H19NO2S/c1-17(11-6-8-12(18)9-7-11)16(19)14-10-20-15-5-3-2-4-13(14)15/h2-5,11,14H,6-10H2,1H3. The van der Waals surface area contributed by atoms with Gasteiger partial charge in [0.05, 0.1) is 5.92 Å². The van der Waals surface area contributed by atoms with Gasteiger partial charge in [-0.15, -0.1) is 11.8 Å². The van der Waals surface area contributed by atoms with Crippen LogP contribution >= 0.6 is 11.8 Å². The number of hydrogen-bond donors (Lipinski definition) is 0. The Morgan fingerprint density at radius 3 is 2.70 bits per heavy atom. The molecule has 3 nitrogen and oxygen atoms in total. The first-order chi connectivity index (χ1) is 9.66.